The predicted molar refractivity (Wildman–Crippen MR) is 276 cm³/mol. The smallest absolute Gasteiger partial charge is 0.208 e. The van der Waals surface area contributed by atoms with E-state index in [2.05, 4.69) is 0 Å². The number of benzene rings is 9. The molecule has 0 fully saturated rings. The Bertz CT molecular complexity index is 4180. The topological polar surface area (TPSA) is 246 Å². The molecule has 0 spiro atoms. The first-order chi connectivity index (χ1) is 34.9. The van der Waals surface area contributed by atoms with E-state index in [9.17, 15) is 51.1 Å². The Hall–Kier alpha value is -9.99. The van der Waals surface area contributed by atoms with Gasteiger partial charge in [0.1, 0.15) is 0 Å². The van der Waals surface area contributed by atoms with Crippen LogP contribution in [0.5, 0.6) is 57.5 Å². The fourth-order valence-electron chi connectivity index (χ4n) is 9.56. The van der Waals surface area contributed by atoms with Gasteiger partial charge in [-0.05, 0) is 52.6 Å². The molecular weight excluding hydrogens is 933 g/mol. The van der Waals surface area contributed by atoms with Crippen molar-refractivity contribution in [2.24, 2.45) is 0 Å². The molecule has 0 aliphatic carbocycles. The first kappa shape index (κ1) is 43.3. The van der Waals surface area contributed by atoms with Crippen LogP contribution >= 0.6 is 11.3 Å². The molecule has 0 aliphatic rings. The predicted octanol–water partition coefficient (Wildman–Crippen LogP) is 12.4. The third-order valence-corrected chi connectivity index (χ3v) is 14.2. The number of phenols is 10. The Morgan fingerprint density at radius 3 is 1.54 bits per heavy atom. The summed E-state index contributed by atoms with van der Waals surface area (Å²) in [5.41, 5.74) is 4.55. The number of aromatic nitrogens is 4. The Morgan fingerprint density at radius 2 is 0.861 bits per heavy atom. The van der Waals surface area contributed by atoms with E-state index in [1.807, 2.05) is 126 Å². The average molecular weight is 969 g/mol. The molecule has 0 amide bonds. The molecule has 12 aromatic rings. The first-order valence-corrected chi connectivity index (χ1v) is 23.1. The molecular formula is C57H36N4O10S. The average Bonchev–Trinajstić information content (AvgIpc) is 3.97. The summed E-state index contributed by atoms with van der Waals surface area (Å²) in [6, 6.07) is 48.8. The summed E-state index contributed by atoms with van der Waals surface area (Å²) < 4.78 is 3.59. The molecule has 0 unspecified atom stereocenters. The van der Waals surface area contributed by atoms with Crippen LogP contribution in [0.25, 0.3) is 115 Å². The molecule has 3 heterocycles. The zero-order valence-electron chi connectivity index (χ0n) is 37.2. The normalized spacial score (nSPS) is 11.6. The summed E-state index contributed by atoms with van der Waals surface area (Å²) >= 11 is 1.50. The molecule has 0 radical (unpaired) electrons. The van der Waals surface area contributed by atoms with Crippen molar-refractivity contribution in [1.82, 2.24) is 19.5 Å². The van der Waals surface area contributed by atoms with E-state index in [0.717, 1.165) is 36.9 Å². The molecule has 72 heavy (non-hydrogen) atoms. The van der Waals surface area contributed by atoms with Gasteiger partial charge in [-0.25, -0.2) is 15.0 Å². The molecule has 0 bridgehead atoms. The SMILES string of the molecule is Oc1c(O)c(O)c(-c2ccc3c4c(-c5c(O)c(O)c(O)c(O)c5O)cccc4n(-c4c(-c5nc(-c6ccccc6)nc(-c6cccc(-c7ccccc7)c6)n5)ccc5c4sc4ccccc45)c3c2)c(O)c1O. The van der Waals surface area contributed by atoms with Crippen molar-refractivity contribution in [2.75, 3.05) is 0 Å². The minimum atomic E-state index is -1.13. The van der Waals surface area contributed by atoms with E-state index in [4.69, 9.17) is 15.0 Å². The van der Waals surface area contributed by atoms with Crippen LogP contribution in [0.15, 0.2) is 158 Å². The lowest BCUT2D eigenvalue weighted by atomic mass is 9.95. The van der Waals surface area contributed by atoms with Crippen molar-refractivity contribution in [3.8, 4) is 131 Å². The summed E-state index contributed by atoms with van der Waals surface area (Å²) in [6.07, 6.45) is 0. The van der Waals surface area contributed by atoms with E-state index in [-0.39, 0.29) is 17.0 Å². The highest BCUT2D eigenvalue weighted by molar-refractivity contribution is 7.26. The standard InChI is InChI=1S/C57H36N4O10S/c62-44-40(45(63)49(67)52(70)48(44)66)30-21-22-34-38(26-30)61(37-19-10-18-35(41(34)37)42-46(64)50(68)53(71)51(69)47(42)65)43-36(24-23-33-32-17-7-8-20-39(32)72-54(33)43)57-59-55(28-13-5-2-6-14-28)58-56(60-57)31-16-9-15-29(25-31)27-11-3-1-4-12-27/h1-26,62-71H. The van der Waals surface area contributed by atoms with Crippen molar-refractivity contribution < 1.29 is 51.1 Å². The number of fused-ring (bicyclic) bond motifs is 6. The molecule has 15 heteroatoms. The van der Waals surface area contributed by atoms with E-state index in [1.165, 1.54) is 17.4 Å². The third-order valence-electron chi connectivity index (χ3n) is 13.0. The van der Waals surface area contributed by atoms with Crippen molar-refractivity contribution >= 4 is 53.3 Å². The largest absolute Gasteiger partial charge is 0.504 e. The van der Waals surface area contributed by atoms with Gasteiger partial charge < -0.3 is 55.6 Å². The summed E-state index contributed by atoms with van der Waals surface area (Å²) in [4.78, 5) is 15.5. The van der Waals surface area contributed by atoms with Gasteiger partial charge in [0, 0.05) is 42.9 Å². The lowest BCUT2D eigenvalue weighted by Gasteiger charge is -2.17. The van der Waals surface area contributed by atoms with E-state index in [0.29, 0.717) is 50.3 Å². The Balaban J connectivity index is 1.24. The second-order valence-electron chi connectivity index (χ2n) is 17.1. The summed E-state index contributed by atoms with van der Waals surface area (Å²) in [5, 5.41) is 112. The molecule has 14 nitrogen and oxygen atoms in total. The van der Waals surface area contributed by atoms with Gasteiger partial charge in [0.25, 0.3) is 0 Å². The zero-order chi connectivity index (χ0) is 49.7. The van der Waals surface area contributed by atoms with Gasteiger partial charge in [-0.15, -0.1) is 11.3 Å². The second-order valence-corrected chi connectivity index (χ2v) is 18.1. The van der Waals surface area contributed by atoms with Crippen LogP contribution in [0.2, 0.25) is 0 Å². The number of hydrogen-bond donors (Lipinski definition) is 10. The summed E-state index contributed by atoms with van der Waals surface area (Å²) in [5.74, 6) is -9.24. The number of nitrogens with zero attached hydrogens (tertiary/aromatic N) is 4. The van der Waals surface area contributed by atoms with Gasteiger partial charge in [0.15, 0.2) is 40.5 Å². The third kappa shape index (κ3) is 6.52. The maximum Gasteiger partial charge on any atom is 0.208 e. The molecule has 350 valence electrons. The van der Waals surface area contributed by atoms with Crippen LogP contribution in [-0.2, 0) is 0 Å². The quantitative estimate of drug-likeness (QED) is 0.0528. The molecule has 0 saturated heterocycles. The van der Waals surface area contributed by atoms with Crippen LogP contribution < -0.4 is 0 Å². The number of rotatable bonds is 7. The Kier molecular flexibility index (Phi) is 9.82. The van der Waals surface area contributed by atoms with Crippen LogP contribution in [-0.4, -0.2) is 70.6 Å². The minimum absolute atomic E-state index is 0.0662. The van der Waals surface area contributed by atoms with Crippen molar-refractivity contribution in [1.29, 1.82) is 0 Å². The highest BCUT2D eigenvalue weighted by Crippen LogP contribution is 2.58. The number of thiophene rings is 1. The van der Waals surface area contributed by atoms with Crippen LogP contribution in [0, 0.1) is 0 Å². The van der Waals surface area contributed by atoms with Crippen LogP contribution in [0.4, 0.5) is 0 Å². The Labute approximate surface area is 410 Å². The van der Waals surface area contributed by atoms with Crippen LogP contribution in [0.1, 0.15) is 0 Å². The number of hydrogen-bond acceptors (Lipinski definition) is 14. The summed E-state index contributed by atoms with van der Waals surface area (Å²) in [7, 11) is 0. The molecule has 0 atom stereocenters. The fourth-order valence-corrected chi connectivity index (χ4v) is 10.8. The number of phenolic OH excluding ortho intramolecular Hbond substituents is 10. The Morgan fingerprint density at radius 1 is 0.333 bits per heavy atom. The molecule has 9 aromatic carbocycles. The maximum absolute atomic E-state index is 11.4. The molecule has 3 aromatic heterocycles. The lowest BCUT2D eigenvalue weighted by molar-refractivity contribution is 0.330. The highest BCUT2D eigenvalue weighted by Gasteiger charge is 2.31. The fraction of sp³-hybridized carbons (Fsp3) is 0. The minimum Gasteiger partial charge on any atom is -0.504 e. The van der Waals surface area contributed by atoms with Gasteiger partial charge in [0.2, 0.25) is 34.5 Å². The monoisotopic (exact) mass is 968 g/mol. The van der Waals surface area contributed by atoms with Gasteiger partial charge >= 0.3 is 0 Å². The molecule has 10 N–H and O–H groups in total. The second kappa shape index (κ2) is 16.3. The lowest BCUT2D eigenvalue weighted by Crippen LogP contribution is -2.04. The molecule has 12 rings (SSSR count). The highest BCUT2D eigenvalue weighted by atomic mass is 32.1. The van der Waals surface area contributed by atoms with Crippen molar-refractivity contribution in [3.05, 3.63) is 158 Å². The van der Waals surface area contributed by atoms with Crippen molar-refractivity contribution in [2.45, 2.75) is 0 Å². The molecule has 0 aliphatic heterocycles. The van der Waals surface area contributed by atoms with E-state index in [1.54, 1.807) is 30.3 Å². The van der Waals surface area contributed by atoms with E-state index >= 15 is 0 Å². The van der Waals surface area contributed by atoms with Gasteiger partial charge in [-0.2, -0.15) is 0 Å². The first-order valence-electron chi connectivity index (χ1n) is 22.3. The van der Waals surface area contributed by atoms with Crippen LogP contribution in [0.3, 0.4) is 0 Å². The van der Waals surface area contributed by atoms with Gasteiger partial charge in [-0.3, -0.25) is 0 Å². The number of aromatic hydroxyl groups is 10. The van der Waals surface area contributed by atoms with Gasteiger partial charge in [0.05, 0.1) is 32.5 Å². The van der Waals surface area contributed by atoms with E-state index < -0.39 is 68.6 Å². The maximum atomic E-state index is 11.4. The molecule has 0 saturated carbocycles. The summed E-state index contributed by atoms with van der Waals surface area (Å²) in [6.45, 7) is 0. The zero-order valence-corrected chi connectivity index (χ0v) is 38.0. The van der Waals surface area contributed by atoms with Crippen molar-refractivity contribution in [3.63, 3.8) is 0 Å². The van der Waals surface area contributed by atoms with Gasteiger partial charge in [-0.1, -0.05) is 127 Å².